The quantitative estimate of drug-likeness (QED) is 0.0920. The molecular weight excluding hydrogens is 683 g/mol. The topological polar surface area (TPSA) is 72.5 Å². The third-order valence-electron chi connectivity index (χ3n) is 8.15. The Kier molecular flexibility index (Phi) is 12.7. The van der Waals surface area contributed by atoms with E-state index < -0.39 is 30.4 Å². The summed E-state index contributed by atoms with van der Waals surface area (Å²) in [6.45, 7) is 1.03. The van der Waals surface area contributed by atoms with Crippen molar-refractivity contribution in [2.45, 2.75) is 49.2 Å². The predicted octanol–water partition coefficient (Wildman–Crippen LogP) is 6.36. The Balaban J connectivity index is 1.32. The first-order chi connectivity index (χ1) is 24.2. The number of hydrogen-bond donors (Lipinski definition) is 0. The summed E-state index contributed by atoms with van der Waals surface area (Å²) >= 11 is -0.167. The minimum absolute atomic E-state index is 0.0255. The zero-order valence-corrected chi connectivity index (χ0v) is 29.1. The van der Waals surface area contributed by atoms with Crippen molar-refractivity contribution in [3.8, 4) is 5.75 Å². The van der Waals surface area contributed by atoms with Gasteiger partial charge in [-0.25, -0.2) is 0 Å². The summed E-state index contributed by atoms with van der Waals surface area (Å²) < 4.78 is 39.5. The first-order valence-corrected chi connectivity index (χ1v) is 18.2. The number of hydrogen-bond acceptors (Lipinski definition) is 7. The number of benzene rings is 5. The third kappa shape index (κ3) is 9.89. The van der Waals surface area contributed by atoms with Gasteiger partial charge < -0.3 is 0 Å². The van der Waals surface area contributed by atoms with E-state index in [4.69, 9.17) is 28.4 Å². The Bertz CT molecular complexity index is 1690. The van der Waals surface area contributed by atoms with Crippen LogP contribution in [0.25, 0.3) is 0 Å². The van der Waals surface area contributed by atoms with Gasteiger partial charge in [0.2, 0.25) is 0 Å². The van der Waals surface area contributed by atoms with E-state index >= 15 is 0 Å². The van der Waals surface area contributed by atoms with Gasteiger partial charge >= 0.3 is 295 Å². The molecule has 1 aliphatic heterocycles. The predicted molar refractivity (Wildman–Crippen MR) is 189 cm³/mol. The number of ether oxygens (including phenoxy) is 6. The van der Waals surface area contributed by atoms with Crippen molar-refractivity contribution >= 4 is 25.4 Å². The molecule has 0 aliphatic carbocycles. The number of carbonyl (C=O) groups excluding carboxylic acids is 1. The second kappa shape index (κ2) is 17.9. The third-order valence-corrected chi connectivity index (χ3v) is 10.6. The molecule has 0 N–H and O–H groups in total. The SMILES string of the molecule is COc1ccc(C(=O)OC[C@H]2O[C@H]([Se]c3ccccc3)[C@@H](OCc3ccccc3)[C@@H](OCc3ccccc3)[C@@H]2OCc2ccccc2)cc1. The monoisotopic (exact) mass is 724 g/mol. The van der Waals surface area contributed by atoms with Crippen LogP contribution in [0.15, 0.2) is 146 Å². The molecule has 5 aromatic rings. The van der Waals surface area contributed by atoms with Gasteiger partial charge in [-0.05, 0) is 0 Å². The first kappa shape index (κ1) is 34.6. The fourth-order valence-corrected chi connectivity index (χ4v) is 7.99. The Morgan fingerprint density at radius 1 is 0.592 bits per heavy atom. The molecule has 0 unspecified atom stereocenters. The number of esters is 1. The van der Waals surface area contributed by atoms with E-state index in [2.05, 4.69) is 12.1 Å². The van der Waals surface area contributed by atoms with E-state index in [0.717, 1.165) is 21.2 Å². The second-order valence-corrected chi connectivity index (χ2v) is 14.0. The van der Waals surface area contributed by atoms with Crippen molar-refractivity contribution in [3.63, 3.8) is 0 Å². The zero-order valence-electron chi connectivity index (χ0n) is 27.3. The molecule has 49 heavy (non-hydrogen) atoms. The summed E-state index contributed by atoms with van der Waals surface area (Å²) in [6.07, 6.45) is -2.25. The molecule has 5 aromatic carbocycles. The van der Waals surface area contributed by atoms with Crippen LogP contribution in [-0.4, -0.2) is 64.1 Å². The minimum atomic E-state index is -0.626. The molecule has 5 atom stereocenters. The summed E-state index contributed by atoms with van der Waals surface area (Å²) in [5.74, 6) is 0.204. The maximum absolute atomic E-state index is 13.3. The molecule has 252 valence electrons. The van der Waals surface area contributed by atoms with Gasteiger partial charge in [0.15, 0.2) is 0 Å². The Labute approximate surface area is 294 Å². The first-order valence-electron chi connectivity index (χ1n) is 16.3. The normalized spacial score (nSPS) is 20.4. The Hall–Kier alpha value is -4.27. The molecule has 0 saturated carbocycles. The van der Waals surface area contributed by atoms with Crippen LogP contribution >= 0.6 is 0 Å². The van der Waals surface area contributed by atoms with Gasteiger partial charge in [0.25, 0.3) is 0 Å². The van der Waals surface area contributed by atoms with Crippen molar-refractivity contribution < 1.29 is 33.2 Å². The molecule has 1 saturated heterocycles. The van der Waals surface area contributed by atoms with E-state index in [1.807, 2.05) is 109 Å². The number of rotatable bonds is 15. The molecule has 8 heteroatoms. The fraction of sp³-hybridized carbons (Fsp3) is 0.244. The summed E-state index contributed by atoms with van der Waals surface area (Å²) in [6, 6.07) is 47.3. The fourth-order valence-electron chi connectivity index (χ4n) is 5.58. The second-order valence-electron chi connectivity index (χ2n) is 11.6. The Morgan fingerprint density at radius 2 is 1.06 bits per heavy atom. The van der Waals surface area contributed by atoms with Crippen LogP contribution in [0.5, 0.6) is 5.75 Å². The number of carbonyl (C=O) groups is 1. The van der Waals surface area contributed by atoms with Gasteiger partial charge in [-0.2, -0.15) is 0 Å². The van der Waals surface area contributed by atoms with Crippen LogP contribution in [0.4, 0.5) is 0 Å². The van der Waals surface area contributed by atoms with E-state index in [1.54, 1.807) is 31.4 Å². The van der Waals surface area contributed by atoms with Gasteiger partial charge in [0, 0.05) is 0 Å². The average molecular weight is 724 g/mol. The molecule has 0 aromatic heterocycles. The van der Waals surface area contributed by atoms with Gasteiger partial charge in [-0.3, -0.25) is 0 Å². The van der Waals surface area contributed by atoms with Crippen LogP contribution in [0.3, 0.4) is 0 Å². The van der Waals surface area contributed by atoms with Crippen molar-refractivity contribution in [1.82, 2.24) is 0 Å². The van der Waals surface area contributed by atoms with Crippen molar-refractivity contribution in [2.24, 2.45) is 0 Å². The van der Waals surface area contributed by atoms with Gasteiger partial charge in [0.05, 0.1) is 0 Å². The van der Waals surface area contributed by atoms with Crippen molar-refractivity contribution in [1.29, 1.82) is 0 Å². The summed E-state index contributed by atoms with van der Waals surface area (Å²) in [5.41, 5.74) is 3.51. The zero-order chi connectivity index (χ0) is 33.7. The van der Waals surface area contributed by atoms with E-state index in [9.17, 15) is 4.79 Å². The van der Waals surface area contributed by atoms with Crippen molar-refractivity contribution in [2.75, 3.05) is 13.7 Å². The summed E-state index contributed by atoms with van der Waals surface area (Å²) in [4.78, 5) is 13.3. The molecule has 6 rings (SSSR count). The van der Waals surface area contributed by atoms with E-state index in [0.29, 0.717) is 31.1 Å². The molecule has 1 heterocycles. The number of methoxy groups -OCH3 is 1. The molecule has 0 amide bonds. The van der Waals surface area contributed by atoms with Crippen LogP contribution in [0, 0.1) is 0 Å². The van der Waals surface area contributed by atoms with Gasteiger partial charge in [0.1, 0.15) is 0 Å². The van der Waals surface area contributed by atoms with Crippen LogP contribution < -0.4 is 9.20 Å². The van der Waals surface area contributed by atoms with Gasteiger partial charge in [-0.1, -0.05) is 0 Å². The van der Waals surface area contributed by atoms with Crippen LogP contribution in [-0.2, 0) is 43.5 Å². The van der Waals surface area contributed by atoms with Gasteiger partial charge in [-0.15, -0.1) is 0 Å². The van der Waals surface area contributed by atoms with E-state index in [1.165, 1.54) is 0 Å². The van der Waals surface area contributed by atoms with Crippen LogP contribution in [0.2, 0.25) is 0 Å². The van der Waals surface area contributed by atoms with Crippen molar-refractivity contribution in [3.05, 3.63) is 168 Å². The molecule has 0 spiro atoms. The Morgan fingerprint density at radius 3 is 1.57 bits per heavy atom. The molecule has 0 bridgehead atoms. The summed E-state index contributed by atoms with van der Waals surface area (Å²) in [7, 11) is 1.59. The molecule has 1 fully saturated rings. The molecule has 0 radical (unpaired) electrons. The average Bonchev–Trinajstić information content (AvgIpc) is 3.16. The van der Waals surface area contributed by atoms with Crippen LogP contribution in [0.1, 0.15) is 27.0 Å². The molecule has 1 aliphatic rings. The maximum atomic E-state index is 13.3. The molecule has 7 nitrogen and oxygen atoms in total. The standard InChI is InChI=1S/C41H40O7Se/c1-43-34-24-22-33(23-25-34)40(42)47-29-36-37(44-26-30-14-6-2-7-15-30)38(45-27-31-16-8-3-9-17-31)39(46-28-32-18-10-4-11-19-32)41(48-36)49-35-20-12-5-13-21-35/h2-25,36-39,41H,26-29H2,1H3/t36-,37-,38+,39+,41-/m1/s1. The van der Waals surface area contributed by atoms with E-state index in [-0.39, 0.29) is 26.6 Å². The summed E-state index contributed by atoms with van der Waals surface area (Å²) in [5, 5.41) is -0.361. The molecular formula is C41H40O7Se.